The molecule has 1 saturated carbocycles. The lowest BCUT2D eigenvalue weighted by molar-refractivity contribution is 0.0143. The zero-order chi connectivity index (χ0) is 14.0. The Kier molecular flexibility index (Phi) is 4.19. The van der Waals surface area contributed by atoms with E-state index >= 15 is 0 Å². The van der Waals surface area contributed by atoms with E-state index in [2.05, 4.69) is 32.9 Å². The Morgan fingerprint density at radius 2 is 1.79 bits per heavy atom. The molecule has 1 aliphatic rings. The lowest BCUT2D eigenvalue weighted by Crippen LogP contribution is -2.41. The van der Waals surface area contributed by atoms with Crippen LogP contribution in [0.2, 0.25) is 0 Å². The Hall–Kier alpha value is -1.02. The summed E-state index contributed by atoms with van der Waals surface area (Å²) >= 11 is 0. The molecular weight excluding hydrogens is 236 g/mol. The van der Waals surface area contributed by atoms with Gasteiger partial charge < -0.3 is 9.84 Å². The first-order chi connectivity index (χ1) is 8.95. The number of hydrogen-bond acceptors (Lipinski definition) is 2. The summed E-state index contributed by atoms with van der Waals surface area (Å²) in [6.07, 6.45) is 3.09. The second-order valence-electron chi connectivity index (χ2n) is 6.54. The quantitative estimate of drug-likeness (QED) is 0.898. The van der Waals surface area contributed by atoms with Crippen LogP contribution in [0.4, 0.5) is 0 Å². The SMILES string of the molecule is COc1ccc(C(C)(C)[C@@H]2CC[C@@H](C)C[C@H]2O)cc1. The maximum Gasteiger partial charge on any atom is 0.118 e. The fourth-order valence-electron chi connectivity index (χ4n) is 3.43. The normalized spacial score (nSPS) is 28.2. The summed E-state index contributed by atoms with van der Waals surface area (Å²) in [6.45, 7) is 6.73. The van der Waals surface area contributed by atoms with Crippen LogP contribution in [-0.2, 0) is 5.41 Å². The first-order valence-electron chi connectivity index (χ1n) is 7.27. The van der Waals surface area contributed by atoms with Gasteiger partial charge in [-0.05, 0) is 47.8 Å². The number of aliphatic hydroxyl groups excluding tert-OH is 1. The third-order valence-corrected chi connectivity index (χ3v) is 4.84. The molecule has 2 nitrogen and oxygen atoms in total. The van der Waals surface area contributed by atoms with Gasteiger partial charge in [0, 0.05) is 0 Å². The molecule has 0 unspecified atom stereocenters. The van der Waals surface area contributed by atoms with E-state index in [1.807, 2.05) is 12.1 Å². The highest BCUT2D eigenvalue weighted by Crippen LogP contribution is 2.42. The van der Waals surface area contributed by atoms with E-state index in [9.17, 15) is 5.11 Å². The minimum absolute atomic E-state index is 0.00578. The van der Waals surface area contributed by atoms with Gasteiger partial charge in [-0.25, -0.2) is 0 Å². The molecule has 19 heavy (non-hydrogen) atoms. The number of hydrogen-bond donors (Lipinski definition) is 1. The molecule has 0 aromatic heterocycles. The van der Waals surface area contributed by atoms with Crippen LogP contribution in [0.3, 0.4) is 0 Å². The molecule has 3 atom stereocenters. The summed E-state index contributed by atoms with van der Waals surface area (Å²) in [5.41, 5.74) is 1.29. The van der Waals surface area contributed by atoms with Gasteiger partial charge in [0.15, 0.2) is 0 Å². The van der Waals surface area contributed by atoms with Crippen molar-refractivity contribution in [3.05, 3.63) is 29.8 Å². The molecule has 1 aromatic rings. The number of benzene rings is 1. The first-order valence-corrected chi connectivity index (χ1v) is 7.27. The molecule has 1 fully saturated rings. The zero-order valence-electron chi connectivity index (χ0n) is 12.5. The fourth-order valence-corrected chi connectivity index (χ4v) is 3.43. The third-order valence-electron chi connectivity index (χ3n) is 4.84. The Morgan fingerprint density at radius 3 is 2.32 bits per heavy atom. The van der Waals surface area contributed by atoms with Crippen molar-refractivity contribution >= 4 is 0 Å². The van der Waals surface area contributed by atoms with E-state index < -0.39 is 0 Å². The van der Waals surface area contributed by atoms with Gasteiger partial charge in [-0.3, -0.25) is 0 Å². The van der Waals surface area contributed by atoms with Gasteiger partial charge in [0.05, 0.1) is 13.2 Å². The van der Waals surface area contributed by atoms with Crippen molar-refractivity contribution in [3.63, 3.8) is 0 Å². The number of ether oxygens (including phenoxy) is 1. The lowest BCUT2D eigenvalue weighted by atomic mass is 9.64. The summed E-state index contributed by atoms with van der Waals surface area (Å²) in [5, 5.41) is 10.4. The molecule has 2 heteroatoms. The van der Waals surface area contributed by atoms with Crippen LogP contribution in [0.5, 0.6) is 5.75 Å². The number of aliphatic hydroxyl groups is 1. The maximum absolute atomic E-state index is 10.4. The summed E-state index contributed by atoms with van der Waals surface area (Å²) in [4.78, 5) is 0. The molecule has 0 bridgehead atoms. The van der Waals surface area contributed by atoms with E-state index in [0.717, 1.165) is 18.6 Å². The van der Waals surface area contributed by atoms with Crippen molar-refractivity contribution in [2.75, 3.05) is 7.11 Å². The van der Waals surface area contributed by atoms with Crippen molar-refractivity contribution in [1.29, 1.82) is 0 Å². The van der Waals surface area contributed by atoms with Crippen molar-refractivity contribution in [1.82, 2.24) is 0 Å². The van der Waals surface area contributed by atoms with Gasteiger partial charge in [0.1, 0.15) is 5.75 Å². The molecule has 0 spiro atoms. The molecule has 0 amide bonds. The van der Waals surface area contributed by atoms with Crippen molar-refractivity contribution in [3.8, 4) is 5.75 Å². The average molecular weight is 262 g/mol. The molecule has 1 aromatic carbocycles. The average Bonchev–Trinajstić information content (AvgIpc) is 2.38. The smallest absolute Gasteiger partial charge is 0.118 e. The van der Waals surface area contributed by atoms with Gasteiger partial charge in [-0.15, -0.1) is 0 Å². The molecule has 1 aliphatic carbocycles. The van der Waals surface area contributed by atoms with Crippen molar-refractivity contribution in [2.24, 2.45) is 11.8 Å². The summed E-state index contributed by atoms with van der Waals surface area (Å²) < 4.78 is 5.21. The molecule has 1 N–H and O–H groups in total. The zero-order valence-corrected chi connectivity index (χ0v) is 12.5. The second-order valence-corrected chi connectivity index (χ2v) is 6.54. The van der Waals surface area contributed by atoms with Crippen LogP contribution < -0.4 is 4.74 Å². The lowest BCUT2D eigenvalue weighted by Gasteiger charge is -2.42. The van der Waals surface area contributed by atoms with E-state index in [1.54, 1.807) is 7.11 Å². The van der Waals surface area contributed by atoms with Gasteiger partial charge >= 0.3 is 0 Å². The van der Waals surface area contributed by atoms with Crippen LogP contribution >= 0.6 is 0 Å². The summed E-state index contributed by atoms with van der Waals surface area (Å²) in [5.74, 6) is 1.88. The monoisotopic (exact) mass is 262 g/mol. The van der Waals surface area contributed by atoms with Gasteiger partial charge in [0.2, 0.25) is 0 Å². The molecule has 106 valence electrons. The molecule has 0 radical (unpaired) electrons. The number of rotatable bonds is 3. The van der Waals surface area contributed by atoms with E-state index in [1.165, 1.54) is 12.0 Å². The van der Waals surface area contributed by atoms with Crippen LogP contribution in [0.1, 0.15) is 45.6 Å². The van der Waals surface area contributed by atoms with Crippen molar-refractivity contribution < 1.29 is 9.84 Å². The van der Waals surface area contributed by atoms with Crippen LogP contribution in [0.15, 0.2) is 24.3 Å². The minimum atomic E-state index is -0.180. The third kappa shape index (κ3) is 2.94. The Balaban J connectivity index is 2.20. The van der Waals surface area contributed by atoms with Crippen molar-refractivity contribution in [2.45, 2.75) is 51.6 Å². The molecule has 2 rings (SSSR count). The highest BCUT2D eigenvalue weighted by atomic mass is 16.5. The maximum atomic E-state index is 10.4. The predicted molar refractivity (Wildman–Crippen MR) is 78.5 cm³/mol. The van der Waals surface area contributed by atoms with Crippen LogP contribution in [0, 0.1) is 11.8 Å². The highest BCUT2D eigenvalue weighted by Gasteiger charge is 2.39. The fraction of sp³-hybridized carbons (Fsp3) is 0.647. The minimum Gasteiger partial charge on any atom is -0.497 e. The van der Waals surface area contributed by atoms with E-state index in [-0.39, 0.29) is 11.5 Å². The summed E-state index contributed by atoms with van der Waals surface area (Å²) in [7, 11) is 1.69. The van der Waals surface area contributed by atoms with Gasteiger partial charge in [-0.1, -0.05) is 39.3 Å². The van der Waals surface area contributed by atoms with E-state index in [4.69, 9.17) is 4.74 Å². The standard InChI is InChI=1S/C17H26O2/c1-12-5-10-15(16(18)11-12)17(2,3)13-6-8-14(19-4)9-7-13/h6-9,12,15-16,18H,5,10-11H2,1-4H3/t12-,15-,16-/m1/s1. The topological polar surface area (TPSA) is 29.5 Å². The molecule has 0 heterocycles. The van der Waals surface area contributed by atoms with Gasteiger partial charge in [-0.2, -0.15) is 0 Å². The van der Waals surface area contributed by atoms with Crippen LogP contribution in [-0.4, -0.2) is 18.3 Å². The van der Waals surface area contributed by atoms with Crippen LogP contribution in [0.25, 0.3) is 0 Å². The largest absolute Gasteiger partial charge is 0.497 e. The Labute approximate surface area is 116 Å². The first kappa shape index (κ1) is 14.4. The highest BCUT2D eigenvalue weighted by molar-refractivity contribution is 5.32. The molecule has 0 aliphatic heterocycles. The van der Waals surface area contributed by atoms with Gasteiger partial charge in [0.25, 0.3) is 0 Å². The Morgan fingerprint density at radius 1 is 1.16 bits per heavy atom. The second kappa shape index (κ2) is 5.54. The summed E-state index contributed by atoms with van der Waals surface area (Å²) in [6, 6.07) is 8.27. The number of methoxy groups -OCH3 is 1. The predicted octanol–water partition coefficient (Wildman–Crippen LogP) is 3.77. The van der Waals surface area contributed by atoms with E-state index in [0.29, 0.717) is 11.8 Å². The molecular formula is C17H26O2. The Bertz CT molecular complexity index is 408. The molecule has 0 saturated heterocycles.